The highest BCUT2D eigenvalue weighted by Gasteiger charge is 2.32. The second-order valence-corrected chi connectivity index (χ2v) is 8.10. The molecule has 0 aliphatic carbocycles. The highest BCUT2D eigenvalue weighted by molar-refractivity contribution is 7.15. The van der Waals surface area contributed by atoms with Crippen LogP contribution < -0.4 is 10.1 Å². The van der Waals surface area contributed by atoms with E-state index in [-0.39, 0.29) is 23.2 Å². The smallest absolute Gasteiger partial charge is 0.230 e. The Labute approximate surface area is 165 Å². The van der Waals surface area contributed by atoms with Crippen LogP contribution in [0.2, 0.25) is 0 Å². The van der Waals surface area contributed by atoms with Crippen molar-refractivity contribution in [3.63, 3.8) is 0 Å². The van der Waals surface area contributed by atoms with Crippen LogP contribution in [0.5, 0.6) is 5.88 Å². The minimum absolute atomic E-state index is 0.0255. The quantitative estimate of drug-likeness (QED) is 0.704. The number of aromatic nitrogens is 4. The van der Waals surface area contributed by atoms with Crippen LogP contribution in [0.1, 0.15) is 25.1 Å². The minimum Gasteiger partial charge on any atom is -0.473 e. The van der Waals surface area contributed by atoms with E-state index in [1.807, 2.05) is 13.1 Å². The predicted molar refractivity (Wildman–Crippen MR) is 104 cm³/mol. The molecule has 10 heteroatoms. The first kappa shape index (κ1) is 18.8. The number of ether oxygens (including phenoxy) is 1. The summed E-state index contributed by atoms with van der Waals surface area (Å²) in [5.74, 6) is -0.230. The fourth-order valence-electron chi connectivity index (χ4n) is 3.43. The van der Waals surface area contributed by atoms with Gasteiger partial charge in [-0.15, -0.1) is 0 Å². The fraction of sp³-hybridized carbons (Fsp3) is 0.444. The van der Waals surface area contributed by atoms with Crippen LogP contribution >= 0.6 is 11.3 Å². The van der Waals surface area contributed by atoms with Crippen molar-refractivity contribution in [2.75, 3.05) is 11.9 Å². The summed E-state index contributed by atoms with van der Waals surface area (Å²) in [7, 11) is 1.87. The number of thiazole rings is 1. The number of nitrogens with zero attached hydrogens (tertiary/aromatic N) is 5. The lowest BCUT2D eigenvalue weighted by Gasteiger charge is -2.19. The van der Waals surface area contributed by atoms with Crippen molar-refractivity contribution in [1.29, 1.82) is 0 Å². The van der Waals surface area contributed by atoms with Crippen LogP contribution in [0.3, 0.4) is 0 Å². The van der Waals surface area contributed by atoms with E-state index in [4.69, 9.17) is 4.74 Å². The van der Waals surface area contributed by atoms with E-state index < -0.39 is 5.95 Å². The van der Waals surface area contributed by atoms with Crippen molar-refractivity contribution in [3.8, 4) is 5.88 Å². The van der Waals surface area contributed by atoms with Crippen LogP contribution in [0.4, 0.5) is 9.52 Å². The molecule has 0 aromatic carbocycles. The highest BCUT2D eigenvalue weighted by Crippen LogP contribution is 2.29. The van der Waals surface area contributed by atoms with Crippen LogP contribution in [0.15, 0.2) is 18.5 Å². The molecule has 4 rings (SSSR count). The first-order chi connectivity index (χ1) is 13.4. The van der Waals surface area contributed by atoms with E-state index >= 15 is 0 Å². The third-order valence-electron chi connectivity index (χ3n) is 4.84. The summed E-state index contributed by atoms with van der Waals surface area (Å²) in [5.41, 5.74) is 0.949. The van der Waals surface area contributed by atoms with E-state index in [9.17, 15) is 9.18 Å². The first-order valence-corrected chi connectivity index (χ1v) is 9.82. The van der Waals surface area contributed by atoms with Gasteiger partial charge in [0.2, 0.25) is 17.7 Å². The number of fused-ring (bicyclic) bond motifs is 1. The summed E-state index contributed by atoms with van der Waals surface area (Å²) in [5, 5.41) is 8.01. The average Bonchev–Trinajstić information content (AvgIpc) is 3.26. The molecule has 28 heavy (non-hydrogen) atoms. The van der Waals surface area contributed by atoms with Gasteiger partial charge in [0.15, 0.2) is 5.13 Å². The third kappa shape index (κ3) is 3.83. The van der Waals surface area contributed by atoms with Gasteiger partial charge in [0, 0.05) is 51.0 Å². The molecule has 1 aliphatic rings. The van der Waals surface area contributed by atoms with E-state index in [2.05, 4.69) is 32.2 Å². The molecule has 1 fully saturated rings. The molecule has 0 unspecified atom stereocenters. The summed E-state index contributed by atoms with van der Waals surface area (Å²) < 4.78 is 21.9. The zero-order valence-electron chi connectivity index (χ0n) is 15.8. The highest BCUT2D eigenvalue weighted by atomic mass is 32.1. The van der Waals surface area contributed by atoms with Gasteiger partial charge in [0.25, 0.3) is 0 Å². The Bertz CT molecular complexity index is 1020. The van der Waals surface area contributed by atoms with Crippen molar-refractivity contribution in [1.82, 2.24) is 24.6 Å². The number of pyridine rings is 1. The SMILES string of the molecule is CC(=O)Nc1nc(F)c(CN2C[C@H](Oc3cc4cnn(C)c4cn3)C[C@@H]2C)s1. The number of amides is 1. The molecule has 0 bridgehead atoms. The molecule has 2 atom stereocenters. The number of carbonyl (C=O) groups excluding carboxylic acids is 1. The molecule has 0 spiro atoms. The van der Waals surface area contributed by atoms with Crippen molar-refractivity contribution in [3.05, 3.63) is 29.3 Å². The van der Waals surface area contributed by atoms with Gasteiger partial charge < -0.3 is 10.1 Å². The standard InChI is InChI=1S/C18H21FN6O2S/c1-10-4-13(27-16-5-12-6-21-24(3)14(12)7-20-16)8-25(10)9-15-17(19)23-18(28-15)22-11(2)26/h5-7,10,13H,4,8-9H2,1-3H3,(H,22,23,26)/t10-,13+/m0/s1. The van der Waals surface area contributed by atoms with E-state index in [1.54, 1.807) is 17.1 Å². The lowest BCUT2D eigenvalue weighted by Crippen LogP contribution is -2.28. The van der Waals surface area contributed by atoms with Crippen LogP contribution in [-0.2, 0) is 18.4 Å². The van der Waals surface area contributed by atoms with Crippen molar-refractivity contribution < 1.29 is 13.9 Å². The van der Waals surface area contributed by atoms with Crippen LogP contribution in [-0.4, -0.2) is 49.2 Å². The Morgan fingerprint density at radius 1 is 1.46 bits per heavy atom. The summed E-state index contributed by atoms with van der Waals surface area (Å²) >= 11 is 1.16. The normalized spacial score (nSPS) is 20.0. The minimum atomic E-state index is -0.533. The number of carbonyl (C=O) groups is 1. The van der Waals surface area contributed by atoms with Gasteiger partial charge in [-0.3, -0.25) is 14.4 Å². The zero-order valence-corrected chi connectivity index (χ0v) is 16.7. The van der Waals surface area contributed by atoms with E-state index in [0.29, 0.717) is 23.8 Å². The Morgan fingerprint density at radius 3 is 3.07 bits per heavy atom. The second-order valence-electron chi connectivity index (χ2n) is 7.02. The van der Waals surface area contributed by atoms with Gasteiger partial charge in [0.1, 0.15) is 6.10 Å². The molecule has 3 aromatic rings. The lowest BCUT2D eigenvalue weighted by atomic mass is 10.2. The molecule has 1 amide bonds. The van der Waals surface area contributed by atoms with Gasteiger partial charge in [-0.05, 0) is 6.92 Å². The maximum Gasteiger partial charge on any atom is 0.230 e. The van der Waals surface area contributed by atoms with E-state index in [1.165, 1.54) is 6.92 Å². The number of rotatable bonds is 5. The number of hydrogen-bond donors (Lipinski definition) is 1. The molecule has 1 aliphatic heterocycles. The number of hydrogen-bond acceptors (Lipinski definition) is 7. The zero-order chi connectivity index (χ0) is 19.8. The average molecular weight is 404 g/mol. The third-order valence-corrected chi connectivity index (χ3v) is 5.77. The number of halogens is 1. The summed E-state index contributed by atoms with van der Waals surface area (Å²) in [6.07, 6.45) is 4.34. The summed E-state index contributed by atoms with van der Waals surface area (Å²) in [6.45, 7) is 4.56. The van der Waals surface area contributed by atoms with Gasteiger partial charge in [-0.1, -0.05) is 11.3 Å². The topological polar surface area (TPSA) is 85.2 Å². The molecule has 0 saturated carbocycles. The van der Waals surface area contributed by atoms with Crippen molar-refractivity contribution in [2.24, 2.45) is 7.05 Å². The Balaban J connectivity index is 1.41. The number of aryl methyl sites for hydroxylation is 1. The molecule has 0 radical (unpaired) electrons. The Kier molecular flexibility index (Phi) is 4.98. The molecular formula is C18H21FN6O2S. The Hall–Kier alpha value is -2.59. The number of likely N-dealkylation sites (tertiary alicyclic amines) is 1. The van der Waals surface area contributed by atoms with Crippen molar-refractivity contribution >= 4 is 33.3 Å². The number of nitrogens with one attached hydrogen (secondary N) is 1. The Morgan fingerprint density at radius 2 is 2.29 bits per heavy atom. The first-order valence-electron chi connectivity index (χ1n) is 9.00. The molecule has 4 heterocycles. The molecule has 3 aromatic heterocycles. The second kappa shape index (κ2) is 7.44. The maximum atomic E-state index is 14.1. The van der Waals surface area contributed by atoms with Crippen LogP contribution in [0.25, 0.3) is 10.9 Å². The van der Waals surface area contributed by atoms with Crippen molar-refractivity contribution in [2.45, 2.75) is 39.0 Å². The maximum absolute atomic E-state index is 14.1. The molecule has 8 nitrogen and oxygen atoms in total. The number of anilines is 1. The van der Waals surface area contributed by atoms with Gasteiger partial charge >= 0.3 is 0 Å². The fourth-order valence-corrected chi connectivity index (χ4v) is 4.35. The molecule has 1 saturated heterocycles. The van der Waals surface area contributed by atoms with Gasteiger partial charge in [0.05, 0.1) is 22.8 Å². The largest absolute Gasteiger partial charge is 0.473 e. The molecule has 1 N–H and O–H groups in total. The van der Waals surface area contributed by atoms with Crippen LogP contribution in [0, 0.1) is 5.95 Å². The predicted octanol–water partition coefficient (Wildman–Crippen LogP) is 2.56. The van der Waals surface area contributed by atoms with Gasteiger partial charge in [-0.2, -0.15) is 14.5 Å². The monoisotopic (exact) mass is 404 g/mol. The summed E-state index contributed by atoms with van der Waals surface area (Å²) in [6, 6.07) is 2.12. The lowest BCUT2D eigenvalue weighted by molar-refractivity contribution is -0.114. The summed E-state index contributed by atoms with van der Waals surface area (Å²) in [4.78, 5) is 21.9. The molecule has 148 valence electrons. The van der Waals surface area contributed by atoms with E-state index in [0.717, 1.165) is 28.7 Å². The van der Waals surface area contributed by atoms with Gasteiger partial charge in [-0.25, -0.2) is 4.98 Å². The molecular weight excluding hydrogens is 383 g/mol.